The second kappa shape index (κ2) is 10.8. The summed E-state index contributed by atoms with van der Waals surface area (Å²) in [5.74, 6) is -1.62. The molecule has 8 nitrogen and oxygen atoms in total. The highest BCUT2D eigenvalue weighted by Gasteiger charge is 2.41. The van der Waals surface area contributed by atoms with E-state index in [0.29, 0.717) is 23.0 Å². The normalized spacial score (nSPS) is 16.8. The summed E-state index contributed by atoms with van der Waals surface area (Å²) in [4.78, 5) is 30.8. The molecule has 0 bridgehead atoms. The van der Waals surface area contributed by atoms with Crippen LogP contribution in [0, 0.1) is 5.82 Å². The first-order valence-corrected chi connectivity index (χ1v) is 12.4. The van der Waals surface area contributed by atoms with Crippen LogP contribution in [-0.2, 0) is 4.79 Å². The van der Waals surface area contributed by atoms with Crippen LogP contribution in [0.3, 0.4) is 0 Å². The van der Waals surface area contributed by atoms with Gasteiger partial charge in [-0.3, -0.25) is 9.78 Å². The van der Waals surface area contributed by atoms with Gasteiger partial charge >= 0.3 is 5.97 Å². The van der Waals surface area contributed by atoms with Crippen LogP contribution >= 0.6 is 12.2 Å². The monoisotopic (exact) mass is 529 g/mol. The third-order valence-electron chi connectivity index (χ3n) is 6.36. The quantitative estimate of drug-likeness (QED) is 0.284. The Kier molecular flexibility index (Phi) is 7.14. The molecule has 2 aromatic carbocycles. The molecule has 0 aliphatic carbocycles. The number of carbonyl (C=O) groups excluding carboxylic acids is 1. The molecule has 1 amide bonds. The number of nitrogens with zero attached hydrogens (tertiary/aromatic N) is 3. The minimum atomic E-state index is -1.01. The maximum absolute atomic E-state index is 13.2. The number of pyridine rings is 1. The molecule has 2 aromatic heterocycles. The average Bonchev–Trinajstić information content (AvgIpc) is 3.53. The Bertz CT molecular complexity index is 1480. The molecule has 5 rings (SSSR count). The fourth-order valence-corrected chi connectivity index (χ4v) is 4.94. The molecule has 0 radical (unpaired) electrons. The SMILES string of the molecule is O=C(CCN1C(=S)NC(c2ccccn2)C1c1cccn1-c1cccc(C(=O)O)c1)Nc1ccc(F)cc1. The fraction of sp³-hybridized carbons (Fsp3) is 0.143. The summed E-state index contributed by atoms with van der Waals surface area (Å²) in [7, 11) is 0. The molecule has 3 N–H and O–H groups in total. The van der Waals surface area contributed by atoms with E-state index in [1.807, 2.05) is 52.1 Å². The van der Waals surface area contributed by atoms with E-state index >= 15 is 0 Å². The first-order valence-electron chi connectivity index (χ1n) is 11.9. The zero-order chi connectivity index (χ0) is 26.6. The third-order valence-corrected chi connectivity index (χ3v) is 6.71. The van der Waals surface area contributed by atoms with Crippen molar-refractivity contribution in [2.24, 2.45) is 0 Å². The van der Waals surface area contributed by atoms with E-state index in [-0.39, 0.29) is 35.8 Å². The number of hydrogen-bond donors (Lipinski definition) is 3. The number of rotatable bonds is 8. The van der Waals surface area contributed by atoms with E-state index in [1.54, 1.807) is 24.4 Å². The number of aromatic nitrogens is 2. The number of anilines is 1. The van der Waals surface area contributed by atoms with Gasteiger partial charge < -0.3 is 25.2 Å². The van der Waals surface area contributed by atoms with E-state index in [4.69, 9.17) is 12.2 Å². The number of carbonyl (C=O) groups is 2. The predicted molar refractivity (Wildman–Crippen MR) is 145 cm³/mol. The summed E-state index contributed by atoms with van der Waals surface area (Å²) in [5.41, 5.74) is 3.02. The van der Waals surface area contributed by atoms with Crippen molar-refractivity contribution >= 4 is 34.9 Å². The van der Waals surface area contributed by atoms with Crippen LogP contribution in [0.1, 0.15) is 40.3 Å². The van der Waals surface area contributed by atoms with Gasteiger partial charge in [0.2, 0.25) is 5.91 Å². The summed E-state index contributed by atoms with van der Waals surface area (Å²) in [6, 6.07) is 21.1. The van der Waals surface area contributed by atoms with Gasteiger partial charge in [-0.25, -0.2) is 9.18 Å². The van der Waals surface area contributed by atoms with Crippen molar-refractivity contribution in [2.75, 3.05) is 11.9 Å². The second-order valence-corrected chi connectivity index (χ2v) is 9.17. The van der Waals surface area contributed by atoms with Crippen LogP contribution in [0.4, 0.5) is 10.1 Å². The Labute approximate surface area is 223 Å². The molecular weight excluding hydrogens is 505 g/mol. The number of hydrogen-bond acceptors (Lipinski definition) is 4. The number of halogens is 1. The van der Waals surface area contributed by atoms with Crippen LogP contribution in [0.2, 0.25) is 0 Å². The predicted octanol–water partition coefficient (Wildman–Crippen LogP) is 4.71. The first-order chi connectivity index (χ1) is 18.4. The fourth-order valence-electron chi connectivity index (χ4n) is 4.61. The van der Waals surface area contributed by atoms with Gasteiger partial charge in [-0.15, -0.1) is 0 Å². The van der Waals surface area contributed by atoms with Crippen LogP contribution in [0.25, 0.3) is 5.69 Å². The van der Waals surface area contributed by atoms with E-state index in [2.05, 4.69) is 15.6 Å². The van der Waals surface area contributed by atoms with Gasteiger partial charge in [-0.1, -0.05) is 12.1 Å². The molecule has 1 fully saturated rings. The number of carboxylic acid groups (broad SMARTS) is 1. The lowest BCUT2D eigenvalue weighted by molar-refractivity contribution is -0.116. The number of carboxylic acids is 1. The maximum Gasteiger partial charge on any atom is 0.335 e. The molecule has 3 heterocycles. The largest absolute Gasteiger partial charge is 0.478 e. The van der Waals surface area contributed by atoms with Crippen LogP contribution in [-0.4, -0.2) is 43.1 Å². The lowest BCUT2D eigenvalue weighted by Gasteiger charge is -2.29. The molecule has 0 spiro atoms. The Morgan fingerprint density at radius 3 is 2.61 bits per heavy atom. The van der Waals surface area contributed by atoms with Crippen LogP contribution in [0.15, 0.2) is 91.3 Å². The van der Waals surface area contributed by atoms with Gasteiger partial charge in [0.25, 0.3) is 0 Å². The van der Waals surface area contributed by atoms with Crippen LogP contribution < -0.4 is 10.6 Å². The lowest BCUT2D eigenvalue weighted by atomic mass is 10.0. The van der Waals surface area contributed by atoms with E-state index in [0.717, 1.165) is 11.4 Å². The molecule has 2 atom stereocenters. The summed E-state index contributed by atoms with van der Waals surface area (Å²) < 4.78 is 15.1. The van der Waals surface area contributed by atoms with Gasteiger partial charge in [0.05, 0.1) is 23.3 Å². The number of benzene rings is 2. The summed E-state index contributed by atoms with van der Waals surface area (Å²) in [5, 5.41) is 16.1. The average molecular weight is 530 g/mol. The highest BCUT2D eigenvalue weighted by atomic mass is 32.1. The Morgan fingerprint density at radius 2 is 1.87 bits per heavy atom. The van der Waals surface area contributed by atoms with Crippen molar-refractivity contribution in [3.05, 3.63) is 114 Å². The third kappa shape index (κ3) is 5.25. The van der Waals surface area contributed by atoms with Crippen molar-refractivity contribution in [3.63, 3.8) is 0 Å². The smallest absolute Gasteiger partial charge is 0.335 e. The number of thiocarbonyl (C=S) groups is 1. The van der Waals surface area contributed by atoms with Gasteiger partial charge in [0.15, 0.2) is 5.11 Å². The number of nitrogens with one attached hydrogen (secondary N) is 2. The maximum atomic E-state index is 13.2. The van der Waals surface area contributed by atoms with Crippen molar-refractivity contribution < 1.29 is 19.1 Å². The molecular formula is C28H24FN5O3S. The molecule has 4 aromatic rings. The minimum Gasteiger partial charge on any atom is -0.478 e. The topological polar surface area (TPSA) is 99.5 Å². The van der Waals surface area contributed by atoms with Gasteiger partial charge in [-0.2, -0.15) is 0 Å². The summed E-state index contributed by atoms with van der Waals surface area (Å²) in [6.45, 7) is 0.313. The van der Waals surface area contributed by atoms with E-state index < -0.39 is 5.97 Å². The van der Waals surface area contributed by atoms with Crippen LogP contribution in [0.5, 0.6) is 0 Å². The van der Waals surface area contributed by atoms with Crippen molar-refractivity contribution in [2.45, 2.75) is 18.5 Å². The second-order valence-electron chi connectivity index (χ2n) is 8.78. The number of aromatic carboxylic acids is 1. The summed E-state index contributed by atoms with van der Waals surface area (Å²) in [6.07, 6.45) is 3.72. The zero-order valence-electron chi connectivity index (χ0n) is 20.1. The molecule has 192 valence electrons. The van der Waals surface area contributed by atoms with Crippen molar-refractivity contribution in [1.29, 1.82) is 0 Å². The van der Waals surface area contributed by atoms with Gasteiger partial charge in [0.1, 0.15) is 5.82 Å². The van der Waals surface area contributed by atoms with Gasteiger partial charge in [-0.05, 0) is 78.9 Å². The molecule has 1 saturated heterocycles. The Morgan fingerprint density at radius 1 is 1.05 bits per heavy atom. The molecule has 38 heavy (non-hydrogen) atoms. The van der Waals surface area contributed by atoms with Crippen molar-refractivity contribution in [1.82, 2.24) is 19.8 Å². The minimum absolute atomic E-state index is 0.139. The Balaban J connectivity index is 1.45. The standard InChI is InChI=1S/C28H24FN5O3S/c29-19-9-11-20(12-10-19)31-24(35)13-16-34-26(25(32-28(34)38)22-7-1-2-14-30-22)23-8-4-15-33(23)21-6-3-5-18(17-21)27(36)37/h1-12,14-15,17,25-26H,13,16H2,(H,31,35)(H,32,38)(H,36,37). The molecule has 1 aliphatic rings. The Hall–Kier alpha value is -4.57. The van der Waals surface area contributed by atoms with E-state index in [9.17, 15) is 19.1 Å². The van der Waals surface area contributed by atoms with E-state index in [1.165, 1.54) is 24.3 Å². The van der Waals surface area contributed by atoms with Crippen molar-refractivity contribution in [3.8, 4) is 5.69 Å². The zero-order valence-corrected chi connectivity index (χ0v) is 20.9. The summed E-state index contributed by atoms with van der Waals surface area (Å²) >= 11 is 5.71. The molecule has 1 aliphatic heterocycles. The lowest BCUT2D eigenvalue weighted by Crippen LogP contribution is -2.33. The first kappa shape index (κ1) is 25.1. The highest BCUT2D eigenvalue weighted by Crippen LogP contribution is 2.39. The highest BCUT2D eigenvalue weighted by molar-refractivity contribution is 7.80. The molecule has 0 saturated carbocycles. The molecule has 2 unspecified atom stereocenters. The number of amides is 1. The van der Waals surface area contributed by atoms with Gasteiger partial charge in [0, 0.05) is 42.4 Å². The molecule has 10 heteroatoms.